The third kappa shape index (κ3) is 1.32. The normalized spacial score (nSPS) is 14.1. The molecular weight excluding hydrogens is 246 g/mol. The van der Waals surface area contributed by atoms with E-state index in [9.17, 15) is 19.5 Å². The number of rotatable bonds is 1. The van der Waals surface area contributed by atoms with E-state index in [2.05, 4.69) is 0 Å². The summed E-state index contributed by atoms with van der Waals surface area (Å²) in [5.41, 5.74) is 0.644. The van der Waals surface area contributed by atoms with Crippen LogP contribution in [0.25, 0.3) is 10.8 Å². The molecule has 1 N–H and O–H groups in total. The van der Waals surface area contributed by atoms with Crippen LogP contribution in [-0.2, 0) is 0 Å². The number of hydrogen-bond donors (Lipinski definition) is 1. The molecule has 0 radical (unpaired) electrons. The van der Waals surface area contributed by atoms with Crippen LogP contribution in [0.15, 0.2) is 24.3 Å². The standard InChI is InChI=1S/C14H9NO4/c1-15-13(18)9-4-2-3-8-11(9)10(14(15)19)5-7(6-16)12(8)17/h2-6,17H,1H3. The van der Waals surface area contributed by atoms with Crippen molar-refractivity contribution < 1.29 is 19.5 Å². The number of aldehydes is 1. The molecule has 2 amide bonds. The molecule has 0 spiro atoms. The first-order valence-electron chi connectivity index (χ1n) is 5.62. The van der Waals surface area contributed by atoms with Crippen molar-refractivity contribution in [3.8, 4) is 5.75 Å². The molecule has 5 nitrogen and oxygen atoms in total. The molecule has 0 fully saturated rings. The molecule has 1 heterocycles. The maximum atomic E-state index is 12.1. The second-order valence-electron chi connectivity index (χ2n) is 4.38. The largest absolute Gasteiger partial charge is 0.507 e. The lowest BCUT2D eigenvalue weighted by Crippen LogP contribution is -2.37. The van der Waals surface area contributed by atoms with Gasteiger partial charge in [-0.3, -0.25) is 19.3 Å². The lowest BCUT2D eigenvalue weighted by Gasteiger charge is -2.24. The quantitative estimate of drug-likeness (QED) is 0.620. The van der Waals surface area contributed by atoms with Crippen molar-refractivity contribution in [2.24, 2.45) is 0 Å². The van der Waals surface area contributed by atoms with Crippen molar-refractivity contribution in [1.82, 2.24) is 4.90 Å². The topological polar surface area (TPSA) is 74.7 Å². The Labute approximate surface area is 108 Å². The van der Waals surface area contributed by atoms with Gasteiger partial charge in [0.2, 0.25) is 0 Å². The third-order valence-corrected chi connectivity index (χ3v) is 3.36. The Kier molecular flexibility index (Phi) is 2.19. The van der Waals surface area contributed by atoms with Crippen LogP contribution in [-0.4, -0.2) is 35.2 Å². The van der Waals surface area contributed by atoms with Gasteiger partial charge < -0.3 is 5.11 Å². The second kappa shape index (κ2) is 3.65. The van der Waals surface area contributed by atoms with E-state index in [-0.39, 0.29) is 16.9 Å². The van der Waals surface area contributed by atoms with Crippen LogP contribution >= 0.6 is 0 Å². The van der Waals surface area contributed by atoms with Gasteiger partial charge in [-0.15, -0.1) is 0 Å². The molecule has 1 aliphatic rings. The highest BCUT2D eigenvalue weighted by atomic mass is 16.3. The summed E-state index contributed by atoms with van der Waals surface area (Å²) in [6, 6.07) is 6.10. The molecule has 5 heteroatoms. The van der Waals surface area contributed by atoms with Crippen LogP contribution in [0.1, 0.15) is 31.1 Å². The maximum absolute atomic E-state index is 12.1. The number of imide groups is 1. The first-order valence-corrected chi connectivity index (χ1v) is 5.62. The molecule has 1 aliphatic heterocycles. The predicted molar refractivity (Wildman–Crippen MR) is 67.4 cm³/mol. The lowest BCUT2D eigenvalue weighted by molar-refractivity contribution is 0.0650. The van der Waals surface area contributed by atoms with E-state index in [1.165, 1.54) is 13.1 Å². The summed E-state index contributed by atoms with van der Waals surface area (Å²) >= 11 is 0. The Balaban J connectivity index is 2.56. The summed E-state index contributed by atoms with van der Waals surface area (Å²) in [5.74, 6) is -1.10. The van der Waals surface area contributed by atoms with E-state index in [0.717, 1.165) is 4.90 Å². The van der Waals surface area contributed by atoms with Crippen molar-refractivity contribution >= 4 is 28.9 Å². The van der Waals surface area contributed by atoms with Crippen molar-refractivity contribution in [3.05, 3.63) is 41.0 Å². The van der Waals surface area contributed by atoms with Gasteiger partial charge in [0, 0.05) is 28.9 Å². The van der Waals surface area contributed by atoms with Gasteiger partial charge in [-0.25, -0.2) is 0 Å². The van der Waals surface area contributed by atoms with Gasteiger partial charge >= 0.3 is 0 Å². The second-order valence-corrected chi connectivity index (χ2v) is 4.38. The molecule has 0 aromatic heterocycles. The monoisotopic (exact) mass is 255 g/mol. The van der Waals surface area contributed by atoms with E-state index in [4.69, 9.17) is 0 Å². The number of carbonyl (C=O) groups is 3. The molecule has 0 saturated carbocycles. The highest BCUT2D eigenvalue weighted by Crippen LogP contribution is 2.36. The zero-order valence-electron chi connectivity index (χ0n) is 10.0. The van der Waals surface area contributed by atoms with Crippen molar-refractivity contribution in [3.63, 3.8) is 0 Å². The molecule has 0 unspecified atom stereocenters. The summed E-state index contributed by atoms with van der Waals surface area (Å²) in [6.45, 7) is 0. The Morgan fingerprint density at radius 3 is 2.53 bits per heavy atom. The summed E-state index contributed by atoms with van der Waals surface area (Å²) < 4.78 is 0. The zero-order chi connectivity index (χ0) is 13.7. The number of nitrogens with zero attached hydrogens (tertiary/aromatic N) is 1. The molecular formula is C14H9NO4. The SMILES string of the molecule is CN1C(=O)c2cccc3c(O)c(C=O)cc(c23)C1=O. The number of hydrogen-bond acceptors (Lipinski definition) is 4. The van der Waals surface area contributed by atoms with Crippen LogP contribution in [0, 0.1) is 0 Å². The van der Waals surface area contributed by atoms with Gasteiger partial charge in [-0.05, 0) is 12.1 Å². The third-order valence-electron chi connectivity index (χ3n) is 3.36. The molecule has 19 heavy (non-hydrogen) atoms. The number of phenols is 1. The molecule has 0 saturated heterocycles. The average Bonchev–Trinajstić information content (AvgIpc) is 2.44. The first kappa shape index (κ1) is 11.4. The van der Waals surface area contributed by atoms with E-state index < -0.39 is 11.8 Å². The summed E-state index contributed by atoms with van der Waals surface area (Å²) in [5, 5.41) is 10.7. The minimum atomic E-state index is -0.475. The van der Waals surface area contributed by atoms with Crippen molar-refractivity contribution in [2.75, 3.05) is 7.05 Å². The number of phenolic OH excluding ortho intramolecular Hbond substituents is 1. The molecule has 0 aliphatic carbocycles. The number of benzene rings is 2. The van der Waals surface area contributed by atoms with Crippen LogP contribution in [0.3, 0.4) is 0 Å². The van der Waals surface area contributed by atoms with Gasteiger partial charge in [0.05, 0.1) is 5.56 Å². The average molecular weight is 255 g/mol. The van der Waals surface area contributed by atoms with E-state index >= 15 is 0 Å². The highest BCUT2D eigenvalue weighted by Gasteiger charge is 2.31. The Hall–Kier alpha value is -2.69. The van der Waals surface area contributed by atoms with Gasteiger partial charge in [-0.2, -0.15) is 0 Å². The molecule has 3 rings (SSSR count). The molecule has 2 aromatic rings. The number of aromatic hydroxyl groups is 1. The van der Waals surface area contributed by atoms with Gasteiger partial charge in [0.15, 0.2) is 6.29 Å². The van der Waals surface area contributed by atoms with Crippen LogP contribution in [0.2, 0.25) is 0 Å². The summed E-state index contributed by atoms with van der Waals surface area (Å²) in [7, 11) is 1.39. The van der Waals surface area contributed by atoms with Crippen molar-refractivity contribution in [2.45, 2.75) is 0 Å². The molecule has 0 atom stereocenters. The fourth-order valence-electron chi connectivity index (χ4n) is 2.38. The molecule has 2 aromatic carbocycles. The maximum Gasteiger partial charge on any atom is 0.261 e. The number of amides is 2. The van der Waals surface area contributed by atoms with E-state index in [1.54, 1.807) is 18.2 Å². The number of carbonyl (C=O) groups excluding carboxylic acids is 3. The Bertz CT molecular complexity index is 764. The zero-order valence-corrected chi connectivity index (χ0v) is 10.0. The van der Waals surface area contributed by atoms with Crippen LogP contribution in [0.4, 0.5) is 0 Å². The van der Waals surface area contributed by atoms with Gasteiger partial charge in [-0.1, -0.05) is 12.1 Å². The Morgan fingerprint density at radius 1 is 1.16 bits per heavy atom. The fourth-order valence-corrected chi connectivity index (χ4v) is 2.38. The molecule has 94 valence electrons. The van der Waals surface area contributed by atoms with E-state index in [0.29, 0.717) is 22.6 Å². The van der Waals surface area contributed by atoms with E-state index in [1.807, 2.05) is 0 Å². The minimum absolute atomic E-state index is 0.0377. The predicted octanol–water partition coefficient (Wildman–Crippen LogP) is 1.58. The van der Waals surface area contributed by atoms with Crippen LogP contribution < -0.4 is 0 Å². The molecule has 0 bridgehead atoms. The van der Waals surface area contributed by atoms with Gasteiger partial charge in [0.1, 0.15) is 5.75 Å². The minimum Gasteiger partial charge on any atom is -0.507 e. The highest BCUT2D eigenvalue weighted by molar-refractivity contribution is 6.26. The first-order chi connectivity index (χ1) is 9.06. The van der Waals surface area contributed by atoms with Crippen LogP contribution in [0.5, 0.6) is 5.75 Å². The summed E-state index contributed by atoms with van der Waals surface area (Å²) in [4.78, 5) is 36.1. The Morgan fingerprint density at radius 2 is 1.84 bits per heavy atom. The summed E-state index contributed by atoms with van der Waals surface area (Å²) in [6.07, 6.45) is 0.488. The van der Waals surface area contributed by atoms with Crippen molar-refractivity contribution in [1.29, 1.82) is 0 Å². The lowest BCUT2D eigenvalue weighted by atomic mass is 9.92. The smallest absolute Gasteiger partial charge is 0.261 e. The van der Waals surface area contributed by atoms with Gasteiger partial charge in [0.25, 0.3) is 11.8 Å². The fraction of sp³-hybridized carbons (Fsp3) is 0.0714.